The highest BCUT2D eigenvalue weighted by molar-refractivity contribution is 7.92. The van der Waals surface area contributed by atoms with E-state index in [1.165, 1.54) is 0 Å². The Hall–Kier alpha value is -0.950. The molecule has 0 saturated carbocycles. The minimum Gasteiger partial charge on any atom is -0.383 e. The van der Waals surface area contributed by atoms with Crippen LogP contribution in [-0.2, 0) is 16.0 Å². The minimum atomic E-state index is -4.47. The fraction of sp³-hybridized carbons (Fsp3) is 0.500. The van der Waals surface area contributed by atoms with E-state index in [-0.39, 0.29) is 23.0 Å². The predicted molar refractivity (Wildman–Crippen MR) is 73.9 cm³/mol. The van der Waals surface area contributed by atoms with Crippen LogP contribution < -0.4 is 5.32 Å². The van der Waals surface area contributed by atoms with Crippen LogP contribution in [0.4, 0.5) is 18.9 Å². The third-order valence-electron chi connectivity index (χ3n) is 2.71. The summed E-state index contributed by atoms with van der Waals surface area (Å²) in [5.41, 5.74) is -0.767. The van der Waals surface area contributed by atoms with Gasteiger partial charge in [-0.3, -0.25) is 0 Å². The second-order valence-corrected chi connectivity index (χ2v) is 7.62. The highest BCUT2D eigenvalue weighted by Gasteiger charge is 2.31. The Morgan fingerprint density at radius 1 is 1.30 bits per heavy atom. The molecule has 0 radical (unpaired) electrons. The Balaban J connectivity index is 2.79. The molecule has 1 rings (SSSR count). The maximum absolute atomic E-state index is 12.6. The lowest BCUT2D eigenvalue weighted by Crippen LogP contribution is -2.23. The Morgan fingerprint density at radius 2 is 1.90 bits per heavy atom. The predicted octanol–water partition coefficient (Wildman–Crippen LogP) is 3.59. The fourth-order valence-electron chi connectivity index (χ4n) is 1.40. The van der Waals surface area contributed by atoms with Crippen LogP contribution >= 0.6 is 11.6 Å². The van der Waals surface area contributed by atoms with Crippen molar-refractivity contribution in [3.63, 3.8) is 0 Å². The number of hydrogen-bond acceptors (Lipinski definition) is 3. The van der Waals surface area contributed by atoms with Gasteiger partial charge in [0.25, 0.3) is 0 Å². The maximum Gasteiger partial charge on any atom is 0.416 e. The van der Waals surface area contributed by atoms with E-state index >= 15 is 0 Å². The number of halogens is 4. The maximum atomic E-state index is 12.6. The van der Waals surface area contributed by atoms with Crippen molar-refractivity contribution in [1.29, 1.82) is 0 Å². The van der Waals surface area contributed by atoms with Gasteiger partial charge in [0.2, 0.25) is 0 Å². The van der Waals surface area contributed by atoms with Gasteiger partial charge in [0.1, 0.15) is 0 Å². The first kappa shape index (κ1) is 17.1. The van der Waals surface area contributed by atoms with Gasteiger partial charge < -0.3 is 5.32 Å². The van der Waals surface area contributed by atoms with Crippen LogP contribution in [-0.4, -0.2) is 26.0 Å². The molecule has 0 saturated heterocycles. The Bertz CT molecular complexity index is 571. The summed E-state index contributed by atoms with van der Waals surface area (Å²) in [7, 11) is -3.25. The smallest absolute Gasteiger partial charge is 0.383 e. The number of sulfone groups is 1. The topological polar surface area (TPSA) is 46.2 Å². The van der Waals surface area contributed by atoms with Gasteiger partial charge in [-0.2, -0.15) is 13.2 Å². The molecule has 0 heterocycles. The number of hydrogen-bond donors (Lipinski definition) is 1. The van der Waals surface area contributed by atoms with Gasteiger partial charge in [0.05, 0.1) is 27.3 Å². The van der Waals surface area contributed by atoms with Crippen LogP contribution in [0.3, 0.4) is 0 Å². The quantitative estimate of drug-likeness (QED) is 0.898. The van der Waals surface area contributed by atoms with Crippen LogP contribution in [0.15, 0.2) is 18.2 Å². The summed E-state index contributed by atoms with van der Waals surface area (Å²) in [5, 5.41) is 2.21. The number of benzene rings is 1. The lowest BCUT2D eigenvalue weighted by molar-refractivity contribution is -0.137. The third kappa shape index (κ3) is 4.56. The Kier molecular flexibility index (Phi) is 5.32. The van der Waals surface area contributed by atoms with Gasteiger partial charge >= 0.3 is 6.18 Å². The average Bonchev–Trinajstić information content (AvgIpc) is 2.29. The van der Waals surface area contributed by atoms with Crippen LogP contribution in [0.2, 0.25) is 5.02 Å². The molecule has 0 aliphatic rings. The van der Waals surface area contributed by atoms with Crippen molar-refractivity contribution >= 4 is 27.1 Å². The SMILES string of the molecule is CC(C)S(=O)(=O)CCNc1cc(C(F)(F)F)ccc1Cl. The van der Waals surface area contributed by atoms with Crippen molar-refractivity contribution in [2.24, 2.45) is 0 Å². The van der Waals surface area contributed by atoms with Crippen LogP contribution in [0.25, 0.3) is 0 Å². The first-order valence-corrected chi connectivity index (χ1v) is 7.95. The van der Waals surface area contributed by atoms with Gasteiger partial charge in [0, 0.05) is 6.54 Å². The summed E-state index contributed by atoms with van der Waals surface area (Å²) < 4.78 is 60.8. The van der Waals surface area contributed by atoms with Crippen molar-refractivity contribution in [1.82, 2.24) is 0 Å². The monoisotopic (exact) mass is 329 g/mol. The molecule has 0 fully saturated rings. The molecular weight excluding hydrogens is 315 g/mol. The molecule has 0 unspecified atom stereocenters. The molecule has 0 amide bonds. The summed E-state index contributed by atoms with van der Waals surface area (Å²) in [6, 6.07) is 2.87. The molecule has 1 N–H and O–H groups in total. The standard InChI is InChI=1S/C12H15ClF3NO2S/c1-8(2)20(18,19)6-5-17-11-7-9(12(14,15)16)3-4-10(11)13/h3-4,7-8,17H,5-6H2,1-2H3. The molecule has 20 heavy (non-hydrogen) atoms. The van der Waals surface area contributed by atoms with E-state index in [9.17, 15) is 21.6 Å². The van der Waals surface area contributed by atoms with E-state index < -0.39 is 26.8 Å². The van der Waals surface area contributed by atoms with E-state index in [0.29, 0.717) is 0 Å². The number of nitrogens with one attached hydrogen (secondary N) is 1. The average molecular weight is 330 g/mol. The van der Waals surface area contributed by atoms with Crippen LogP contribution in [0, 0.1) is 0 Å². The summed E-state index contributed by atoms with van der Waals surface area (Å²) in [6.45, 7) is 3.10. The molecule has 1 aromatic rings. The van der Waals surface area contributed by atoms with E-state index in [0.717, 1.165) is 18.2 Å². The molecule has 8 heteroatoms. The van der Waals surface area contributed by atoms with Gasteiger partial charge in [-0.15, -0.1) is 0 Å². The van der Waals surface area contributed by atoms with Crippen molar-refractivity contribution < 1.29 is 21.6 Å². The summed E-state index contributed by atoms with van der Waals surface area (Å²) in [4.78, 5) is 0. The number of rotatable bonds is 5. The molecule has 0 spiro atoms. The minimum absolute atomic E-state index is 0.00153. The molecular formula is C12H15ClF3NO2S. The Labute approximate surface area is 121 Å². The largest absolute Gasteiger partial charge is 0.416 e. The zero-order valence-corrected chi connectivity index (χ0v) is 12.5. The highest BCUT2D eigenvalue weighted by atomic mass is 35.5. The van der Waals surface area contributed by atoms with E-state index in [1.807, 2.05) is 0 Å². The number of anilines is 1. The first-order chi connectivity index (χ1) is 9.04. The van der Waals surface area contributed by atoms with Gasteiger partial charge in [-0.05, 0) is 32.0 Å². The molecule has 0 atom stereocenters. The van der Waals surface area contributed by atoms with Crippen molar-refractivity contribution in [3.05, 3.63) is 28.8 Å². The molecule has 114 valence electrons. The summed E-state index contributed by atoms with van der Waals surface area (Å²) in [6.07, 6.45) is -4.47. The van der Waals surface area contributed by atoms with Crippen molar-refractivity contribution in [2.45, 2.75) is 25.3 Å². The number of alkyl halides is 3. The van der Waals surface area contributed by atoms with E-state index in [2.05, 4.69) is 5.32 Å². The normalized spacial score (nSPS) is 12.8. The van der Waals surface area contributed by atoms with Crippen LogP contribution in [0.1, 0.15) is 19.4 Å². The summed E-state index contributed by atoms with van der Waals surface area (Å²) in [5.74, 6) is -0.169. The van der Waals surface area contributed by atoms with Gasteiger partial charge in [-0.25, -0.2) is 8.42 Å². The zero-order valence-electron chi connectivity index (χ0n) is 11.0. The molecule has 0 aliphatic carbocycles. The van der Waals surface area contributed by atoms with Crippen molar-refractivity contribution in [3.8, 4) is 0 Å². The molecule has 0 aliphatic heterocycles. The summed E-state index contributed by atoms with van der Waals surface area (Å²) >= 11 is 5.78. The van der Waals surface area contributed by atoms with E-state index in [1.54, 1.807) is 13.8 Å². The molecule has 3 nitrogen and oxygen atoms in total. The zero-order chi connectivity index (χ0) is 15.6. The molecule has 1 aromatic carbocycles. The van der Waals surface area contributed by atoms with Gasteiger partial charge in [0.15, 0.2) is 9.84 Å². The van der Waals surface area contributed by atoms with Crippen molar-refractivity contribution in [2.75, 3.05) is 17.6 Å². The Morgan fingerprint density at radius 3 is 2.40 bits per heavy atom. The lowest BCUT2D eigenvalue weighted by Gasteiger charge is -2.13. The second kappa shape index (κ2) is 6.22. The van der Waals surface area contributed by atoms with Gasteiger partial charge in [-0.1, -0.05) is 11.6 Å². The third-order valence-corrected chi connectivity index (χ3v) is 5.25. The molecule has 0 bridgehead atoms. The fourth-order valence-corrected chi connectivity index (χ4v) is 2.44. The molecule has 0 aromatic heterocycles. The second-order valence-electron chi connectivity index (χ2n) is 4.53. The lowest BCUT2D eigenvalue weighted by atomic mass is 10.2. The van der Waals surface area contributed by atoms with E-state index in [4.69, 9.17) is 11.6 Å². The van der Waals surface area contributed by atoms with Crippen LogP contribution in [0.5, 0.6) is 0 Å². The highest BCUT2D eigenvalue weighted by Crippen LogP contribution is 2.33. The first-order valence-electron chi connectivity index (χ1n) is 5.86.